The van der Waals surface area contributed by atoms with Crippen molar-refractivity contribution in [2.24, 2.45) is 0 Å². The topological polar surface area (TPSA) is 40.5 Å². The van der Waals surface area contributed by atoms with Crippen molar-refractivity contribution < 1.29 is 23.1 Å². The molecule has 0 bridgehead atoms. The lowest BCUT2D eigenvalue weighted by molar-refractivity contribution is -0.119. The third-order valence-corrected chi connectivity index (χ3v) is 2.22. The third-order valence-electron chi connectivity index (χ3n) is 2.22. The van der Waals surface area contributed by atoms with Crippen LogP contribution in [0.1, 0.15) is 17.3 Å². The minimum atomic E-state index is -4.32. The van der Waals surface area contributed by atoms with E-state index >= 15 is 0 Å². The zero-order valence-corrected chi connectivity index (χ0v) is 9.38. The van der Waals surface area contributed by atoms with Crippen LogP contribution in [0.3, 0.4) is 0 Å². The number of anilines is 1. The van der Waals surface area contributed by atoms with Gasteiger partial charge in [0, 0.05) is 18.8 Å². The van der Waals surface area contributed by atoms with Gasteiger partial charge in [0.2, 0.25) is 0 Å². The van der Waals surface area contributed by atoms with Gasteiger partial charge < -0.3 is 10.0 Å². The molecule has 0 aliphatic carbocycles. The zero-order chi connectivity index (χ0) is 13.2. The van der Waals surface area contributed by atoms with Crippen LogP contribution in [0.2, 0.25) is 0 Å². The predicted octanol–water partition coefficient (Wildman–Crippen LogP) is 2.59. The van der Waals surface area contributed by atoms with Crippen LogP contribution in [0, 0.1) is 0 Å². The number of hydrogen-bond acceptors (Lipinski definition) is 3. The maximum absolute atomic E-state index is 12.1. The van der Waals surface area contributed by atoms with Gasteiger partial charge in [0.25, 0.3) is 0 Å². The lowest BCUT2D eigenvalue weighted by Gasteiger charge is -2.21. The van der Waals surface area contributed by atoms with Crippen molar-refractivity contribution in [1.29, 1.82) is 0 Å². The summed E-state index contributed by atoms with van der Waals surface area (Å²) < 4.78 is 36.4. The summed E-state index contributed by atoms with van der Waals surface area (Å²) >= 11 is 0. The SMILES string of the molecule is CC(=O)c1ccc(N(C)CC(F)(F)F)cc1O. The van der Waals surface area contributed by atoms with Crippen LogP contribution in [-0.2, 0) is 0 Å². The highest BCUT2D eigenvalue weighted by atomic mass is 19.4. The van der Waals surface area contributed by atoms with Crippen LogP contribution in [-0.4, -0.2) is 30.7 Å². The third kappa shape index (κ3) is 3.65. The molecule has 0 heterocycles. The summed E-state index contributed by atoms with van der Waals surface area (Å²) in [6.07, 6.45) is -4.32. The molecule has 0 unspecified atom stereocenters. The average molecular weight is 247 g/mol. The highest BCUT2D eigenvalue weighted by Crippen LogP contribution is 2.26. The Morgan fingerprint density at radius 3 is 2.41 bits per heavy atom. The summed E-state index contributed by atoms with van der Waals surface area (Å²) in [7, 11) is 1.26. The van der Waals surface area contributed by atoms with E-state index < -0.39 is 12.7 Å². The van der Waals surface area contributed by atoms with E-state index in [9.17, 15) is 23.1 Å². The Labute approximate surface area is 96.5 Å². The van der Waals surface area contributed by atoms with Gasteiger partial charge in [-0.05, 0) is 19.1 Å². The van der Waals surface area contributed by atoms with E-state index in [0.29, 0.717) is 0 Å². The molecule has 94 valence electrons. The van der Waals surface area contributed by atoms with Crippen molar-refractivity contribution in [3.8, 4) is 5.75 Å². The largest absolute Gasteiger partial charge is 0.507 e. The van der Waals surface area contributed by atoms with Crippen molar-refractivity contribution in [2.45, 2.75) is 13.1 Å². The predicted molar refractivity (Wildman–Crippen MR) is 57.4 cm³/mol. The summed E-state index contributed by atoms with van der Waals surface area (Å²) in [6, 6.07) is 3.81. The first-order valence-electron chi connectivity index (χ1n) is 4.82. The van der Waals surface area contributed by atoms with Crippen LogP contribution in [0.15, 0.2) is 18.2 Å². The smallest absolute Gasteiger partial charge is 0.405 e. The Balaban J connectivity index is 2.94. The first kappa shape index (κ1) is 13.3. The van der Waals surface area contributed by atoms with Crippen LogP contribution in [0.25, 0.3) is 0 Å². The van der Waals surface area contributed by atoms with Gasteiger partial charge >= 0.3 is 6.18 Å². The molecular weight excluding hydrogens is 235 g/mol. The summed E-state index contributed by atoms with van der Waals surface area (Å²) in [5, 5.41) is 9.48. The number of alkyl halides is 3. The van der Waals surface area contributed by atoms with Crippen LogP contribution >= 0.6 is 0 Å². The fourth-order valence-corrected chi connectivity index (χ4v) is 1.42. The number of carbonyl (C=O) groups is 1. The maximum atomic E-state index is 12.1. The maximum Gasteiger partial charge on any atom is 0.405 e. The summed E-state index contributed by atoms with van der Waals surface area (Å²) in [5.41, 5.74) is 0.291. The molecule has 0 aliphatic heterocycles. The van der Waals surface area contributed by atoms with Crippen molar-refractivity contribution >= 4 is 11.5 Å². The number of Topliss-reactive ketones (excluding diaryl/α,β-unsaturated/α-hetero) is 1. The fraction of sp³-hybridized carbons (Fsp3) is 0.364. The number of phenolic OH excluding ortho intramolecular Hbond substituents is 1. The first-order chi connectivity index (χ1) is 7.70. The number of aromatic hydroxyl groups is 1. The van der Waals surface area contributed by atoms with Crippen molar-refractivity contribution in [1.82, 2.24) is 0 Å². The number of benzene rings is 1. The zero-order valence-electron chi connectivity index (χ0n) is 9.38. The molecule has 1 rings (SSSR count). The van der Waals surface area contributed by atoms with E-state index in [1.807, 2.05) is 0 Å². The molecule has 0 spiro atoms. The van der Waals surface area contributed by atoms with E-state index in [4.69, 9.17) is 0 Å². The number of nitrogens with zero attached hydrogens (tertiary/aromatic N) is 1. The quantitative estimate of drug-likeness (QED) is 0.834. The minimum absolute atomic E-state index is 0.0918. The number of rotatable bonds is 3. The molecule has 0 radical (unpaired) electrons. The lowest BCUT2D eigenvalue weighted by Crippen LogP contribution is -2.30. The van der Waals surface area contributed by atoms with Crippen LogP contribution in [0.4, 0.5) is 18.9 Å². The second-order valence-electron chi connectivity index (χ2n) is 3.73. The minimum Gasteiger partial charge on any atom is -0.507 e. The lowest BCUT2D eigenvalue weighted by atomic mass is 10.1. The van der Waals surface area contributed by atoms with Crippen LogP contribution < -0.4 is 4.90 Å². The Morgan fingerprint density at radius 1 is 1.41 bits per heavy atom. The van der Waals surface area contributed by atoms with Gasteiger partial charge in [-0.15, -0.1) is 0 Å². The Kier molecular flexibility index (Phi) is 3.65. The molecule has 0 saturated carbocycles. The number of phenols is 1. The molecule has 0 amide bonds. The van der Waals surface area contributed by atoms with Gasteiger partial charge in [-0.3, -0.25) is 4.79 Å². The van der Waals surface area contributed by atoms with E-state index in [2.05, 4.69) is 0 Å². The molecule has 1 aromatic rings. The van der Waals surface area contributed by atoms with Crippen molar-refractivity contribution in [2.75, 3.05) is 18.5 Å². The first-order valence-corrected chi connectivity index (χ1v) is 4.82. The Bertz CT molecular complexity index is 429. The summed E-state index contributed by atoms with van der Waals surface area (Å²) in [6.45, 7) is 0.153. The average Bonchev–Trinajstić information content (AvgIpc) is 2.14. The second kappa shape index (κ2) is 4.65. The molecule has 0 aromatic heterocycles. The van der Waals surface area contributed by atoms with E-state index in [0.717, 1.165) is 11.0 Å². The summed E-state index contributed by atoms with van der Waals surface area (Å²) in [5.74, 6) is -0.656. The standard InChI is InChI=1S/C11H12F3NO2/c1-7(16)9-4-3-8(5-10(9)17)15(2)6-11(12,13)14/h3-5,17H,6H2,1-2H3. The van der Waals surface area contributed by atoms with Crippen molar-refractivity contribution in [3.63, 3.8) is 0 Å². The number of carbonyl (C=O) groups excluding carboxylic acids is 1. The number of halogens is 3. The summed E-state index contributed by atoms with van der Waals surface area (Å²) in [4.78, 5) is 12.0. The Hall–Kier alpha value is -1.72. The van der Waals surface area contributed by atoms with Gasteiger partial charge in [-0.2, -0.15) is 13.2 Å². The van der Waals surface area contributed by atoms with Crippen LogP contribution in [0.5, 0.6) is 5.75 Å². The van der Waals surface area contributed by atoms with Crippen molar-refractivity contribution in [3.05, 3.63) is 23.8 Å². The van der Waals surface area contributed by atoms with E-state index in [1.165, 1.54) is 26.1 Å². The highest BCUT2D eigenvalue weighted by Gasteiger charge is 2.29. The normalized spacial score (nSPS) is 11.4. The van der Waals surface area contributed by atoms with E-state index in [1.54, 1.807) is 0 Å². The highest BCUT2D eigenvalue weighted by molar-refractivity contribution is 5.97. The van der Waals surface area contributed by atoms with E-state index in [-0.39, 0.29) is 22.8 Å². The number of ketones is 1. The van der Waals surface area contributed by atoms with Gasteiger partial charge in [0.15, 0.2) is 5.78 Å². The second-order valence-corrected chi connectivity index (χ2v) is 3.73. The molecule has 3 nitrogen and oxygen atoms in total. The molecule has 1 aromatic carbocycles. The van der Waals surface area contributed by atoms with Gasteiger partial charge in [0.05, 0.1) is 5.56 Å². The molecule has 17 heavy (non-hydrogen) atoms. The molecule has 0 saturated heterocycles. The van der Waals surface area contributed by atoms with Gasteiger partial charge in [-0.1, -0.05) is 0 Å². The van der Waals surface area contributed by atoms with Gasteiger partial charge in [-0.25, -0.2) is 0 Å². The Morgan fingerprint density at radius 2 is 2.00 bits per heavy atom. The number of hydrogen-bond donors (Lipinski definition) is 1. The fourth-order valence-electron chi connectivity index (χ4n) is 1.42. The molecule has 0 aliphatic rings. The molecule has 1 N–H and O–H groups in total. The molecular formula is C11H12F3NO2. The molecule has 0 atom stereocenters. The molecule has 0 fully saturated rings. The van der Waals surface area contributed by atoms with Gasteiger partial charge in [0.1, 0.15) is 12.3 Å². The molecule has 6 heteroatoms. The monoisotopic (exact) mass is 247 g/mol.